The highest BCUT2D eigenvalue weighted by atomic mass is 127. The van der Waals surface area contributed by atoms with Gasteiger partial charge in [0.2, 0.25) is 0 Å². The predicted molar refractivity (Wildman–Crippen MR) is 99.3 cm³/mol. The molecule has 2 heterocycles. The molecular formula is C16H11F2IN4O3. The number of hydrogen-bond donors (Lipinski definition) is 1. The van der Waals surface area contributed by atoms with Crippen molar-refractivity contribution in [2.75, 3.05) is 5.32 Å². The predicted octanol–water partition coefficient (Wildman–Crippen LogP) is 1.77. The minimum absolute atomic E-state index is 0.0331. The fourth-order valence-electron chi connectivity index (χ4n) is 2.40. The Morgan fingerprint density at radius 1 is 1.12 bits per heavy atom. The number of nitrogens with zero attached hydrogens (tertiary/aromatic N) is 3. The first kappa shape index (κ1) is 18.2. The van der Waals surface area contributed by atoms with Gasteiger partial charge in [0.15, 0.2) is 0 Å². The highest BCUT2D eigenvalue weighted by Gasteiger charge is 2.15. The summed E-state index contributed by atoms with van der Waals surface area (Å²) in [5.41, 5.74) is -1.28. The van der Waals surface area contributed by atoms with Crippen LogP contribution in [-0.2, 0) is 14.1 Å². The van der Waals surface area contributed by atoms with Gasteiger partial charge in [-0.25, -0.2) is 18.6 Å². The molecule has 3 rings (SSSR count). The number of pyridine rings is 1. The van der Waals surface area contributed by atoms with Gasteiger partial charge >= 0.3 is 5.69 Å². The van der Waals surface area contributed by atoms with E-state index in [9.17, 15) is 23.2 Å². The van der Waals surface area contributed by atoms with Crippen LogP contribution in [0.3, 0.4) is 0 Å². The molecule has 0 bridgehead atoms. The molecule has 0 spiro atoms. The number of halogens is 3. The average Bonchev–Trinajstić information content (AvgIpc) is 2.62. The summed E-state index contributed by atoms with van der Waals surface area (Å²) in [5.74, 6) is -2.35. The van der Waals surface area contributed by atoms with Crippen LogP contribution in [0.15, 0.2) is 33.9 Å². The van der Waals surface area contributed by atoms with Gasteiger partial charge in [0, 0.05) is 19.8 Å². The van der Waals surface area contributed by atoms with Gasteiger partial charge in [-0.05, 0) is 46.9 Å². The molecule has 1 N–H and O–H groups in total. The summed E-state index contributed by atoms with van der Waals surface area (Å²) in [6, 6.07) is 4.63. The van der Waals surface area contributed by atoms with Crippen molar-refractivity contribution in [3.8, 4) is 0 Å². The summed E-state index contributed by atoms with van der Waals surface area (Å²) in [5, 5.41) is 2.50. The van der Waals surface area contributed by atoms with Crippen LogP contribution in [0.2, 0.25) is 0 Å². The maximum Gasteiger partial charge on any atom is 0.332 e. The second kappa shape index (κ2) is 6.59. The van der Waals surface area contributed by atoms with Crippen molar-refractivity contribution in [1.29, 1.82) is 0 Å². The second-order valence-electron chi connectivity index (χ2n) is 5.48. The molecule has 0 fully saturated rings. The first-order valence-electron chi connectivity index (χ1n) is 7.23. The lowest BCUT2D eigenvalue weighted by molar-refractivity contribution is 0.102. The van der Waals surface area contributed by atoms with Crippen molar-refractivity contribution >= 4 is 45.2 Å². The largest absolute Gasteiger partial charge is 0.332 e. The number of benzene rings is 1. The molecule has 1 amide bonds. The van der Waals surface area contributed by atoms with Gasteiger partial charge < -0.3 is 5.32 Å². The van der Waals surface area contributed by atoms with Crippen LogP contribution in [0.5, 0.6) is 0 Å². The van der Waals surface area contributed by atoms with Crippen LogP contribution < -0.4 is 16.6 Å². The van der Waals surface area contributed by atoms with Gasteiger partial charge in [-0.1, -0.05) is 0 Å². The second-order valence-corrected chi connectivity index (χ2v) is 6.56. The number of amides is 1. The Bertz CT molecular complexity index is 1160. The quantitative estimate of drug-likeness (QED) is 0.455. The van der Waals surface area contributed by atoms with E-state index in [-0.39, 0.29) is 26.0 Å². The van der Waals surface area contributed by atoms with Crippen LogP contribution in [-0.4, -0.2) is 20.0 Å². The van der Waals surface area contributed by atoms with Crippen LogP contribution in [0.1, 0.15) is 10.5 Å². The molecule has 0 aliphatic rings. The van der Waals surface area contributed by atoms with Gasteiger partial charge in [0.05, 0.1) is 8.96 Å². The molecule has 2 aromatic heterocycles. The number of rotatable bonds is 2. The summed E-state index contributed by atoms with van der Waals surface area (Å²) < 4.78 is 29.1. The number of aryl methyl sites for hydroxylation is 1. The average molecular weight is 472 g/mol. The third kappa shape index (κ3) is 3.00. The number of aromatic nitrogens is 3. The molecule has 0 saturated carbocycles. The summed E-state index contributed by atoms with van der Waals surface area (Å²) in [7, 11) is 2.76. The van der Waals surface area contributed by atoms with E-state index < -0.39 is 28.8 Å². The molecule has 26 heavy (non-hydrogen) atoms. The standard InChI is InChI=1S/C16H11F2IN4O3/c1-22-13-8(15(25)23(2)16(22)26)3-4-11(21-13)14(24)20-7-5-9(17)12(19)10(18)6-7/h3-6H,1-2H3,(H,20,24). The molecule has 134 valence electrons. The molecule has 0 saturated heterocycles. The van der Waals surface area contributed by atoms with Crippen molar-refractivity contribution in [3.05, 3.63) is 66.0 Å². The molecule has 1 aromatic carbocycles. The van der Waals surface area contributed by atoms with E-state index >= 15 is 0 Å². The Morgan fingerprint density at radius 3 is 2.35 bits per heavy atom. The van der Waals surface area contributed by atoms with E-state index in [1.165, 1.54) is 48.8 Å². The van der Waals surface area contributed by atoms with Gasteiger partial charge in [0.1, 0.15) is 23.0 Å². The van der Waals surface area contributed by atoms with E-state index in [1.54, 1.807) is 0 Å². The lowest BCUT2D eigenvalue weighted by atomic mass is 10.2. The van der Waals surface area contributed by atoms with Crippen molar-refractivity contribution in [2.45, 2.75) is 0 Å². The van der Waals surface area contributed by atoms with Gasteiger partial charge in [0.25, 0.3) is 11.5 Å². The third-order valence-corrected chi connectivity index (χ3v) is 4.81. The number of anilines is 1. The Labute approximate surface area is 158 Å². The van der Waals surface area contributed by atoms with Crippen molar-refractivity contribution in [2.24, 2.45) is 14.1 Å². The minimum atomic E-state index is -0.807. The first-order chi connectivity index (χ1) is 12.2. The normalized spacial score (nSPS) is 11.0. The van der Waals surface area contributed by atoms with E-state index in [4.69, 9.17) is 0 Å². The summed E-state index contributed by atoms with van der Waals surface area (Å²) >= 11 is 1.51. The zero-order valence-electron chi connectivity index (χ0n) is 13.5. The van der Waals surface area contributed by atoms with E-state index in [1.807, 2.05) is 0 Å². The molecule has 0 unspecified atom stereocenters. The molecule has 0 atom stereocenters. The number of nitrogens with one attached hydrogen (secondary N) is 1. The minimum Gasteiger partial charge on any atom is -0.320 e. The number of fused-ring (bicyclic) bond motifs is 1. The maximum absolute atomic E-state index is 13.6. The van der Waals surface area contributed by atoms with Crippen molar-refractivity contribution in [3.63, 3.8) is 0 Å². The topological polar surface area (TPSA) is 86.0 Å². The Kier molecular flexibility index (Phi) is 4.61. The van der Waals surface area contributed by atoms with Crippen LogP contribution in [0.4, 0.5) is 14.5 Å². The Hall–Kier alpha value is -2.63. The zero-order chi connectivity index (χ0) is 19.2. The van der Waals surface area contributed by atoms with Crippen LogP contribution in [0.25, 0.3) is 11.0 Å². The van der Waals surface area contributed by atoms with Crippen molar-refractivity contribution in [1.82, 2.24) is 14.1 Å². The molecule has 0 radical (unpaired) electrons. The van der Waals surface area contributed by atoms with Gasteiger partial charge in [-0.3, -0.25) is 18.7 Å². The molecule has 7 nitrogen and oxygen atoms in total. The highest BCUT2D eigenvalue weighted by Crippen LogP contribution is 2.21. The Balaban J connectivity index is 2.05. The molecule has 0 aliphatic heterocycles. The molecule has 10 heteroatoms. The summed E-state index contributed by atoms with van der Waals surface area (Å²) in [6.45, 7) is 0. The van der Waals surface area contributed by atoms with Crippen LogP contribution >= 0.6 is 22.6 Å². The highest BCUT2D eigenvalue weighted by molar-refractivity contribution is 14.1. The fraction of sp³-hybridized carbons (Fsp3) is 0.125. The number of hydrogen-bond acceptors (Lipinski definition) is 4. The number of carbonyl (C=O) groups is 1. The van der Waals surface area contributed by atoms with E-state index in [0.717, 1.165) is 21.3 Å². The van der Waals surface area contributed by atoms with Crippen molar-refractivity contribution < 1.29 is 13.6 Å². The van der Waals surface area contributed by atoms with Gasteiger partial charge in [-0.2, -0.15) is 0 Å². The summed E-state index contributed by atoms with van der Waals surface area (Å²) in [6.07, 6.45) is 0. The number of carbonyl (C=O) groups excluding carboxylic acids is 1. The van der Waals surface area contributed by atoms with E-state index in [2.05, 4.69) is 10.3 Å². The lowest BCUT2D eigenvalue weighted by Gasteiger charge is -2.09. The maximum atomic E-state index is 13.6. The molecule has 0 aliphatic carbocycles. The van der Waals surface area contributed by atoms with Crippen LogP contribution in [0, 0.1) is 15.2 Å². The fourth-order valence-corrected chi connectivity index (χ4v) is 2.71. The smallest absolute Gasteiger partial charge is 0.320 e. The van der Waals surface area contributed by atoms with E-state index in [0.29, 0.717) is 0 Å². The van der Waals surface area contributed by atoms with Gasteiger partial charge in [-0.15, -0.1) is 0 Å². The molecular weight excluding hydrogens is 461 g/mol. The molecule has 3 aromatic rings. The summed E-state index contributed by atoms with van der Waals surface area (Å²) in [4.78, 5) is 40.5. The monoisotopic (exact) mass is 472 g/mol. The zero-order valence-corrected chi connectivity index (χ0v) is 15.7. The lowest BCUT2D eigenvalue weighted by Crippen LogP contribution is -2.37. The first-order valence-corrected chi connectivity index (χ1v) is 8.31. The Morgan fingerprint density at radius 2 is 1.73 bits per heavy atom. The SMILES string of the molecule is Cn1c(=O)c2ccc(C(=O)Nc3cc(F)c(I)c(F)c3)nc2n(C)c1=O. The third-order valence-electron chi connectivity index (χ3n) is 3.78.